The van der Waals surface area contributed by atoms with Crippen LogP contribution in [0.25, 0.3) is 6.08 Å². The Balaban J connectivity index is 1.55. The number of hydrogen-bond acceptors (Lipinski definition) is 7. The van der Waals surface area contributed by atoms with E-state index in [-0.39, 0.29) is 29.4 Å². The molecule has 1 heterocycles. The molecule has 0 unspecified atom stereocenters. The first-order valence-corrected chi connectivity index (χ1v) is 13.0. The van der Waals surface area contributed by atoms with E-state index in [1.807, 2.05) is 32.1 Å². The van der Waals surface area contributed by atoms with E-state index in [4.69, 9.17) is 0 Å². The number of aliphatic hydroxyl groups excluding tert-OH is 2. The molecule has 4 rings (SSSR count). The summed E-state index contributed by atoms with van der Waals surface area (Å²) in [4.78, 5) is 28.0. The van der Waals surface area contributed by atoms with Gasteiger partial charge in [0, 0.05) is 5.92 Å². The summed E-state index contributed by atoms with van der Waals surface area (Å²) >= 11 is 0. The first kappa shape index (κ1) is 27.8. The molecule has 5 N–H and O–H groups in total. The van der Waals surface area contributed by atoms with Gasteiger partial charge < -0.3 is 25.4 Å². The zero-order valence-electron chi connectivity index (χ0n) is 21.6. The predicted octanol–water partition coefficient (Wildman–Crippen LogP) is 2.14. The second kappa shape index (κ2) is 11.7. The van der Waals surface area contributed by atoms with Gasteiger partial charge in [0.25, 0.3) is 0 Å². The molecule has 1 fully saturated rings. The molecule has 9 heteroatoms. The van der Waals surface area contributed by atoms with Crippen LogP contribution in [-0.4, -0.2) is 57.0 Å². The first-order chi connectivity index (χ1) is 18.2. The highest BCUT2D eigenvalue weighted by Crippen LogP contribution is 2.47. The molecular formula is C29H34BNO7. The minimum Gasteiger partial charge on any atom is -0.508 e. The van der Waals surface area contributed by atoms with Crippen molar-refractivity contribution in [3.05, 3.63) is 70.8 Å². The van der Waals surface area contributed by atoms with E-state index in [1.165, 1.54) is 12.1 Å². The summed E-state index contributed by atoms with van der Waals surface area (Å²) < 4.78 is 0. The summed E-state index contributed by atoms with van der Waals surface area (Å²) in [5.74, 6) is -2.80. The number of aliphatic hydroxyl groups is 2. The minimum atomic E-state index is -1.74. The van der Waals surface area contributed by atoms with Gasteiger partial charge in [-0.2, -0.15) is 0 Å². The average molecular weight is 519 g/mol. The lowest BCUT2D eigenvalue weighted by atomic mass is 9.68. The Hall–Kier alpha value is -3.24. The molecule has 200 valence electrons. The van der Waals surface area contributed by atoms with Crippen molar-refractivity contribution in [2.45, 2.75) is 45.6 Å². The fourth-order valence-electron chi connectivity index (χ4n) is 5.83. The maximum Gasteiger partial charge on any atom is 0.488 e. The number of phenols is 1. The number of nitrogens with zero attached hydrogens (tertiary/aromatic N) is 1. The Kier molecular flexibility index (Phi) is 8.52. The predicted molar refractivity (Wildman–Crippen MR) is 145 cm³/mol. The van der Waals surface area contributed by atoms with Crippen molar-refractivity contribution in [2.75, 3.05) is 11.5 Å². The first-order valence-electron chi connectivity index (χ1n) is 13.0. The van der Waals surface area contributed by atoms with Crippen molar-refractivity contribution in [3.8, 4) is 5.75 Å². The van der Waals surface area contributed by atoms with Crippen LogP contribution in [0, 0.1) is 17.8 Å². The van der Waals surface area contributed by atoms with Crippen LogP contribution in [0.3, 0.4) is 0 Å². The van der Waals surface area contributed by atoms with Crippen LogP contribution in [-0.2, 0) is 9.59 Å². The number of benzene rings is 2. The van der Waals surface area contributed by atoms with Gasteiger partial charge in [0.1, 0.15) is 5.75 Å². The number of carbonyl (C=O) groups is 2. The molecule has 8 nitrogen and oxygen atoms in total. The maximum absolute atomic E-state index is 13.6. The molecule has 0 saturated carbocycles. The van der Waals surface area contributed by atoms with Crippen LogP contribution in [0.4, 0.5) is 5.69 Å². The quantitative estimate of drug-likeness (QED) is 0.194. The number of hydrogen-bond donors (Lipinski definition) is 5. The van der Waals surface area contributed by atoms with Crippen LogP contribution in [0.2, 0.25) is 0 Å². The molecule has 1 aliphatic carbocycles. The largest absolute Gasteiger partial charge is 0.508 e. The number of fused-ring (bicyclic) bond motifs is 1. The van der Waals surface area contributed by atoms with Crippen LogP contribution in [0.5, 0.6) is 5.75 Å². The lowest BCUT2D eigenvalue weighted by Crippen LogP contribution is -2.39. The van der Waals surface area contributed by atoms with Gasteiger partial charge in [-0.3, -0.25) is 14.5 Å². The number of phenolic OH excluding ortho intramolecular Hbond substituents is 1. The van der Waals surface area contributed by atoms with Gasteiger partial charge in [-0.05, 0) is 73.5 Å². The Labute approximate surface area is 222 Å². The van der Waals surface area contributed by atoms with E-state index >= 15 is 0 Å². The smallest absolute Gasteiger partial charge is 0.488 e. The van der Waals surface area contributed by atoms with Crippen LogP contribution >= 0.6 is 0 Å². The highest BCUT2D eigenvalue weighted by molar-refractivity contribution is 6.58. The topological polar surface area (TPSA) is 139 Å². The number of allylic oxidation sites excluding steroid dienone is 2. The Morgan fingerprint density at radius 2 is 1.84 bits per heavy atom. The number of imide groups is 1. The number of amides is 2. The van der Waals surface area contributed by atoms with Crippen molar-refractivity contribution in [1.29, 1.82) is 0 Å². The van der Waals surface area contributed by atoms with Crippen LogP contribution in [0.1, 0.15) is 45.1 Å². The highest BCUT2D eigenvalue weighted by Gasteiger charge is 2.54. The molecule has 38 heavy (non-hydrogen) atoms. The maximum atomic E-state index is 13.6. The fraction of sp³-hybridized carbons (Fsp3) is 0.379. The summed E-state index contributed by atoms with van der Waals surface area (Å²) in [5, 5.41) is 50.2. The molecule has 2 aromatic carbocycles. The van der Waals surface area contributed by atoms with Gasteiger partial charge in [0.2, 0.25) is 11.8 Å². The van der Waals surface area contributed by atoms with Crippen LogP contribution in [0.15, 0.2) is 65.3 Å². The van der Waals surface area contributed by atoms with E-state index in [9.17, 15) is 35.0 Å². The Morgan fingerprint density at radius 1 is 1.13 bits per heavy atom. The van der Waals surface area contributed by atoms with E-state index < -0.39 is 36.9 Å². The lowest BCUT2D eigenvalue weighted by molar-refractivity contribution is -0.123. The molecule has 0 bridgehead atoms. The second-order valence-electron chi connectivity index (χ2n) is 10.1. The van der Waals surface area contributed by atoms with Crippen molar-refractivity contribution >= 4 is 36.2 Å². The molecule has 0 radical (unpaired) electrons. The van der Waals surface area contributed by atoms with Gasteiger partial charge in [0.05, 0.1) is 30.2 Å². The Morgan fingerprint density at radius 3 is 2.47 bits per heavy atom. The molecule has 0 spiro atoms. The van der Waals surface area contributed by atoms with Gasteiger partial charge >= 0.3 is 7.12 Å². The standard InChI is InChI=1S/C29H34BNO7/c1-3-18(14-19-7-10-22(33)11-8-19)9-12-25(34)26-17(2)13-23-27(24(26)16-32)29(36)31(28(23)35)21-6-4-5-20(15-21)30(37)38/h4-8,10-11,14-15,23-25,27,32-34,37-38H,3,9,12-13,16H2,1-2H3/b18-14+/t23-,24+,25-,27-/m1/s1. The lowest BCUT2D eigenvalue weighted by Gasteiger charge is -2.35. The third-order valence-electron chi connectivity index (χ3n) is 7.77. The Bertz CT molecular complexity index is 1250. The molecular weight excluding hydrogens is 485 g/mol. The number of rotatable bonds is 9. The van der Waals surface area contributed by atoms with E-state index in [2.05, 4.69) is 0 Å². The normalized spacial score (nSPS) is 22.6. The fourth-order valence-corrected chi connectivity index (χ4v) is 5.83. The third-order valence-corrected chi connectivity index (χ3v) is 7.77. The van der Waals surface area contributed by atoms with Gasteiger partial charge in [-0.25, -0.2) is 0 Å². The average Bonchev–Trinajstić information content (AvgIpc) is 3.15. The number of carbonyl (C=O) groups excluding carboxylic acids is 2. The van der Waals surface area contributed by atoms with E-state index in [0.29, 0.717) is 24.8 Å². The van der Waals surface area contributed by atoms with Gasteiger partial charge in [-0.1, -0.05) is 48.4 Å². The molecule has 0 aromatic heterocycles. The summed E-state index contributed by atoms with van der Waals surface area (Å²) in [6.07, 6.45) is 3.25. The molecule has 2 aliphatic rings. The molecule has 2 aromatic rings. The van der Waals surface area contributed by atoms with Crippen molar-refractivity contribution in [1.82, 2.24) is 0 Å². The SMILES string of the molecule is CC/C(=C\c1ccc(O)cc1)CC[C@@H](O)C1=C(C)C[C@H]2C(=O)N(c3cccc(B(O)O)c3)C(=O)[C@H]2[C@H]1CO. The van der Waals surface area contributed by atoms with Crippen LogP contribution < -0.4 is 10.4 Å². The molecule has 2 amide bonds. The summed E-state index contributed by atoms with van der Waals surface area (Å²) in [6.45, 7) is 3.50. The minimum absolute atomic E-state index is 0.161. The number of anilines is 1. The second-order valence-corrected chi connectivity index (χ2v) is 10.1. The molecule has 4 atom stereocenters. The van der Waals surface area contributed by atoms with Gasteiger partial charge in [0.15, 0.2) is 0 Å². The summed E-state index contributed by atoms with van der Waals surface area (Å²) in [7, 11) is -1.74. The number of aromatic hydroxyl groups is 1. The zero-order chi connectivity index (χ0) is 27.6. The molecule has 1 aliphatic heterocycles. The van der Waals surface area contributed by atoms with E-state index in [1.54, 1.807) is 24.3 Å². The monoisotopic (exact) mass is 519 g/mol. The van der Waals surface area contributed by atoms with E-state index in [0.717, 1.165) is 28.0 Å². The third kappa shape index (κ3) is 5.47. The zero-order valence-corrected chi connectivity index (χ0v) is 21.6. The van der Waals surface area contributed by atoms with Crippen molar-refractivity contribution in [2.24, 2.45) is 17.8 Å². The highest BCUT2D eigenvalue weighted by atomic mass is 16.4. The summed E-state index contributed by atoms with van der Waals surface area (Å²) in [5.41, 5.74) is 3.91. The van der Waals surface area contributed by atoms with Crippen molar-refractivity contribution < 1.29 is 35.0 Å². The van der Waals surface area contributed by atoms with Gasteiger partial charge in [-0.15, -0.1) is 0 Å². The molecule has 1 saturated heterocycles. The summed E-state index contributed by atoms with van der Waals surface area (Å²) in [6, 6.07) is 12.9. The van der Waals surface area contributed by atoms with Crippen molar-refractivity contribution in [3.63, 3.8) is 0 Å².